The molecule has 0 radical (unpaired) electrons. The summed E-state index contributed by atoms with van der Waals surface area (Å²) in [4.78, 5) is 44.8. The van der Waals surface area contributed by atoms with Gasteiger partial charge in [-0.05, 0) is 17.9 Å². The highest BCUT2D eigenvalue weighted by atomic mass is 16.5. The number of nitrogens with zero attached hydrogens (tertiary/aromatic N) is 3. The maximum Gasteiger partial charge on any atom is 0.332 e. The maximum absolute atomic E-state index is 13.6. The third-order valence-corrected chi connectivity index (χ3v) is 7.14. The number of piperazine rings is 1. The topological polar surface area (TPSA) is 91.4 Å². The van der Waals surface area contributed by atoms with Crippen molar-refractivity contribution in [3.8, 4) is 11.5 Å². The molecule has 0 saturated carbocycles. The zero-order valence-electron chi connectivity index (χ0n) is 19.3. The average Bonchev–Trinajstić information content (AvgIpc) is 3.54. The van der Waals surface area contributed by atoms with Crippen molar-refractivity contribution in [3.05, 3.63) is 60.7 Å². The van der Waals surface area contributed by atoms with Gasteiger partial charge < -0.3 is 24.6 Å². The molecule has 6 rings (SSSR count). The number of carbonyl (C=O) groups is 3. The molecule has 2 bridgehead atoms. The molecule has 3 atom stereocenters. The van der Waals surface area contributed by atoms with Crippen molar-refractivity contribution >= 4 is 40.1 Å². The number of nitrogens with one attached hydrogen (secondary N) is 1. The highest BCUT2D eigenvalue weighted by Gasteiger charge is 2.63. The molecule has 3 aromatic carbocycles. The zero-order valence-corrected chi connectivity index (χ0v) is 19.3. The number of carbonyl (C=O) groups excluding carboxylic acids is 3. The van der Waals surface area contributed by atoms with Crippen molar-refractivity contribution in [2.24, 2.45) is 0 Å². The van der Waals surface area contributed by atoms with E-state index in [4.69, 9.17) is 9.47 Å². The molecular weight excluding hydrogens is 448 g/mol. The molecule has 0 aliphatic carbocycles. The number of benzene rings is 3. The summed E-state index contributed by atoms with van der Waals surface area (Å²) in [5, 5.41) is 4.68. The van der Waals surface area contributed by atoms with Crippen molar-refractivity contribution in [2.75, 3.05) is 31.0 Å². The molecule has 178 valence electrons. The minimum absolute atomic E-state index is 0.202. The Morgan fingerprint density at radius 1 is 0.971 bits per heavy atom. The van der Waals surface area contributed by atoms with Crippen molar-refractivity contribution in [2.45, 2.75) is 24.5 Å². The van der Waals surface area contributed by atoms with Crippen LogP contribution in [0.1, 0.15) is 6.42 Å². The van der Waals surface area contributed by atoms with E-state index in [1.807, 2.05) is 36.4 Å². The number of anilines is 2. The van der Waals surface area contributed by atoms with Gasteiger partial charge in [-0.2, -0.15) is 0 Å². The fraction of sp³-hybridized carbons (Fsp3) is 0.269. The van der Waals surface area contributed by atoms with Crippen LogP contribution in [0.5, 0.6) is 11.5 Å². The minimum atomic E-state index is -0.689. The molecule has 5 amide bonds. The van der Waals surface area contributed by atoms with Crippen LogP contribution >= 0.6 is 0 Å². The molecule has 3 fully saturated rings. The predicted molar refractivity (Wildman–Crippen MR) is 130 cm³/mol. The van der Waals surface area contributed by atoms with Crippen LogP contribution in [0.2, 0.25) is 0 Å². The normalized spacial score (nSPS) is 22.7. The lowest BCUT2D eigenvalue weighted by Gasteiger charge is -2.34. The highest BCUT2D eigenvalue weighted by molar-refractivity contribution is 6.25. The molecule has 9 heteroatoms. The number of methoxy groups -OCH3 is 2. The first-order chi connectivity index (χ1) is 17.0. The molecule has 3 aliphatic rings. The summed E-state index contributed by atoms with van der Waals surface area (Å²) in [6.45, 7) is 0.372. The van der Waals surface area contributed by atoms with E-state index in [1.54, 1.807) is 48.3 Å². The number of hydrogen-bond donors (Lipinski definition) is 1. The van der Waals surface area contributed by atoms with E-state index in [1.165, 1.54) is 4.90 Å². The Morgan fingerprint density at radius 3 is 2.43 bits per heavy atom. The summed E-state index contributed by atoms with van der Waals surface area (Å²) in [7, 11) is 3.08. The standard InChI is InChI=1S/C26H24N4O5/c1-34-18-10-16(11-19(13-18)35-2)27-25(32)28-14-17-12-22(28)23-24(31)30(26(33)29(17)23)21-9-5-7-15-6-3-4-8-20(15)21/h3-11,13,17,22-23H,12,14H2,1-2H3,(H,27,32)/t17-,22+,23+/m0/s1. The molecule has 0 unspecified atom stereocenters. The van der Waals surface area contributed by atoms with Crippen molar-refractivity contribution in [1.29, 1.82) is 0 Å². The Balaban J connectivity index is 1.27. The average molecular weight is 473 g/mol. The molecule has 3 aliphatic heterocycles. The number of hydrogen-bond acceptors (Lipinski definition) is 5. The molecular formula is C26H24N4O5. The van der Waals surface area contributed by atoms with E-state index in [0.29, 0.717) is 35.8 Å². The van der Waals surface area contributed by atoms with E-state index in [2.05, 4.69) is 5.32 Å². The Kier molecular flexibility index (Phi) is 4.80. The second-order valence-electron chi connectivity index (χ2n) is 8.95. The summed E-state index contributed by atoms with van der Waals surface area (Å²) in [6, 6.07) is 16.5. The molecule has 3 heterocycles. The van der Waals surface area contributed by atoms with E-state index in [0.717, 1.165) is 10.8 Å². The van der Waals surface area contributed by atoms with Gasteiger partial charge in [0, 0.05) is 35.8 Å². The number of fused-ring (bicyclic) bond motifs is 6. The molecule has 3 aromatic rings. The number of likely N-dealkylation sites (tertiary alicyclic amines) is 1. The van der Waals surface area contributed by atoms with Crippen molar-refractivity contribution in [3.63, 3.8) is 0 Å². The van der Waals surface area contributed by atoms with Crippen molar-refractivity contribution < 1.29 is 23.9 Å². The van der Waals surface area contributed by atoms with Crippen LogP contribution in [0.4, 0.5) is 21.0 Å². The third-order valence-electron chi connectivity index (χ3n) is 7.14. The van der Waals surface area contributed by atoms with Gasteiger partial charge in [0.05, 0.1) is 32.0 Å². The molecule has 9 nitrogen and oxygen atoms in total. The maximum atomic E-state index is 13.6. The van der Waals surface area contributed by atoms with Crippen LogP contribution in [-0.2, 0) is 4.79 Å². The summed E-state index contributed by atoms with van der Waals surface area (Å²) >= 11 is 0. The van der Waals surface area contributed by atoms with E-state index < -0.39 is 6.04 Å². The number of imide groups is 1. The van der Waals surface area contributed by atoms with Crippen molar-refractivity contribution in [1.82, 2.24) is 9.80 Å². The van der Waals surface area contributed by atoms with Crippen LogP contribution in [-0.4, -0.2) is 66.7 Å². The van der Waals surface area contributed by atoms with Crippen LogP contribution in [0.3, 0.4) is 0 Å². The first-order valence-corrected chi connectivity index (χ1v) is 11.4. The quantitative estimate of drug-likeness (QED) is 0.585. The van der Waals surface area contributed by atoms with Crippen LogP contribution in [0.15, 0.2) is 60.7 Å². The lowest BCUT2D eigenvalue weighted by Crippen LogP contribution is -2.55. The highest BCUT2D eigenvalue weighted by Crippen LogP contribution is 2.43. The Labute approximate surface area is 201 Å². The first-order valence-electron chi connectivity index (χ1n) is 11.4. The fourth-order valence-corrected chi connectivity index (χ4v) is 5.59. The second kappa shape index (κ2) is 7.90. The summed E-state index contributed by atoms with van der Waals surface area (Å²) in [5.41, 5.74) is 1.10. The van der Waals surface area contributed by atoms with Gasteiger partial charge in [0.15, 0.2) is 0 Å². The van der Waals surface area contributed by atoms with Gasteiger partial charge in [0.2, 0.25) is 0 Å². The smallest absolute Gasteiger partial charge is 0.332 e. The first kappa shape index (κ1) is 21.3. The van der Waals surface area contributed by atoms with Gasteiger partial charge in [-0.3, -0.25) is 4.79 Å². The van der Waals surface area contributed by atoms with E-state index in [-0.39, 0.29) is 30.1 Å². The summed E-state index contributed by atoms with van der Waals surface area (Å²) in [5.74, 6) is 0.812. The number of urea groups is 2. The Hall–Kier alpha value is -4.27. The van der Waals surface area contributed by atoms with Gasteiger partial charge in [0.1, 0.15) is 17.5 Å². The Bertz CT molecular complexity index is 1350. The third kappa shape index (κ3) is 3.18. The fourth-order valence-electron chi connectivity index (χ4n) is 5.59. The lowest BCUT2D eigenvalue weighted by atomic mass is 10.1. The zero-order chi connectivity index (χ0) is 24.3. The number of rotatable bonds is 4. The number of amides is 5. The SMILES string of the molecule is COc1cc(NC(=O)N2C[C@@H]3C[C@@H]2[C@@H]2C(=O)N(c4cccc5ccccc45)C(=O)N32)cc(OC)c1. The van der Waals surface area contributed by atoms with Gasteiger partial charge in [-0.25, -0.2) is 14.5 Å². The summed E-state index contributed by atoms with van der Waals surface area (Å²) in [6.07, 6.45) is 0.584. The number of ether oxygens (including phenoxy) is 2. The van der Waals surface area contributed by atoms with Crippen LogP contribution in [0.25, 0.3) is 10.8 Å². The minimum Gasteiger partial charge on any atom is -0.497 e. The van der Waals surface area contributed by atoms with E-state index >= 15 is 0 Å². The monoisotopic (exact) mass is 472 g/mol. The predicted octanol–water partition coefficient (Wildman–Crippen LogP) is 3.68. The van der Waals surface area contributed by atoms with Gasteiger partial charge >= 0.3 is 12.1 Å². The molecule has 0 aromatic heterocycles. The molecule has 35 heavy (non-hydrogen) atoms. The Morgan fingerprint density at radius 2 is 1.69 bits per heavy atom. The second-order valence-corrected chi connectivity index (χ2v) is 8.95. The van der Waals surface area contributed by atoms with Gasteiger partial charge in [-0.15, -0.1) is 0 Å². The summed E-state index contributed by atoms with van der Waals surface area (Å²) < 4.78 is 10.6. The lowest BCUT2D eigenvalue weighted by molar-refractivity contribution is -0.120. The largest absolute Gasteiger partial charge is 0.497 e. The molecule has 1 N–H and O–H groups in total. The van der Waals surface area contributed by atoms with Gasteiger partial charge in [-0.1, -0.05) is 36.4 Å². The van der Waals surface area contributed by atoms with Crippen LogP contribution < -0.4 is 19.7 Å². The van der Waals surface area contributed by atoms with E-state index in [9.17, 15) is 14.4 Å². The molecule has 0 spiro atoms. The van der Waals surface area contributed by atoms with Crippen LogP contribution in [0, 0.1) is 0 Å². The molecule has 3 saturated heterocycles. The van der Waals surface area contributed by atoms with Gasteiger partial charge in [0.25, 0.3) is 5.91 Å².